The molecule has 0 aliphatic heterocycles. The summed E-state index contributed by atoms with van der Waals surface area (Å²) in [5, 5.41) is 35.3. The minimum Gasteiger partial charge on any atom is -0.506 e. The molecule has 0 aliphatic carbocycles. The molecule has 0 radical (unpaired) electrons. The highest BCUT2D eigenvalue weighted by molar-refractivity contribution is 9.11. The van der Waals surface area contributed by atoms with Crippen LogP contribution in [0.5, 0.6) is 17.2 Å². The number of nitrogens with one attached hydrogen (secondary N) is 2. The van der Waals surface area contributed by atoms with E-state index in [1.54, 1.807) is 6.07 Å². The quantitative estimate of drug-likeness (QED) is 0.137. The Morgan fingerprint density at radius 2 is 1.54 bits per heavy atom. The maximum Gasteiger partial charge on any atom is 0.281 e. The number of phenols is 3. The number of nitrogens with two attached hydrogens (primary N) is 1. The first-order valence-corrected chi connectivity index (χ1v) is 9.52. The van der Waals surface area contributed by atoms with Gasteiger partial charge in [0, 0.05) is 5.69 Å². The zero-order valence-corrected chi connectivity index (χ0v) is 17.4. The van der Waals surface area contributed by atoms with Crippen molar-refractivity contribution in [1.82, 2.24) is 5.43 Å². The molecule has 28 heavy (non-hydrogen) atoms. The van der Waals surface area contributed by atoms with Gasteiger partial charge in [-0.2, -0.15) is 0 Å². The van der Waals surface area contributed by atoms with E-state index < -0.39 is 17.4 Å². The Labute approximate surface area is 176 Å². The number of phenolic OH excluding ortho intramolecular Hbond substituents is 3. The summed E-state index contributed by atoms with van der Waals surface area (Å²) in [7, 11) is 0. The minimum atomic E-state index is -0.674. The molecule has 0 saturated heterocycles. The highest BCUT2D eigenvalue weighted by Crippen LogP contribution is 2.48. The largest absolute Gasteiger partial charge is 0.506 e. The van der Waals surface area contributed by atoms with Crippen LogP contribution in [-0.4, -0.2) is 21.2 Å². The second-order valence-corrected chi connectivity index (χ2v) is 7.39. The third kappa shape index (κ3) is 3.77. The molecule has 3 aromatic carbocycles. The van der Waals surface area contributed by atoms with Gasteiger partial charge in [0.15, 0.2) is 5.75 Å². The van der Waals surface area contributed by atoms with Crippen LogP contribution in [-0.2, 0) is 4.79 Å². The zero-order valence-electron chi connectivity index (χ0n) is 14.2. The average molecular weight is 509 g/mol. The van der Waals surface area contributed by atoms with E-state index in [9.17, 15) is 20.1 Å². The van der Waals surface area contributed by atoms with Crippen molar-refractivity contribution in [3.8, 4) is 17.2 Å². The first kappa shape index (κ1) is 20.0. The Balaban J connectivity index is 2.09. The predicted octanol–water partition coefficient (Wildman–Crippen LogP) is 3.92. The molecule has 0 fully saturated rings. The molecule has 0 aliphatic rings. The van der Waals surface area contributed by atoms with Crippen molar-refractivity contribution in [1.29, 1.82) is 0 Å². The Morgan fingerprint density at radius 3 is 2.14 bits per heavy atom. The fourth-order valence-electron chi connectivity index (χ4n) is 2.61. The number of rotatable bonds is 4. The van der Waals surface area contributed by atoms with E-state index >= 15 is 0 Å². The van der Waals surface area contributed by atoms with Gasteiger partial charge in [-0.25, -0.2) is 5.84 Å². The standard InChI is InChI=1S/C19H15Br2N3O4/c20-14-16(25)12(17(26)15(21)18(14)27)8-13(19(28)24-22)23-11-6-5-9-3-1-2-4-10(9)7-11/h1-8,23,25-27H,22H2,(H,24,28). The summed E-state index contributed by atoms with van der Waals surface area (Å²) in [5.74, 6) is 3.33. The lowest BCUT2D eigenvalue weighted by Crippen LogP contribution is -2.33. The number of aromatic hydroxyl groups is 3. The molecular weight excluding hydrogens is 494 g/mol. The van der Waals surface area contributed by atoms with Crippen molar-refractivity contribution in [2.75, 3.05) is 5.32 Å². The van der Waals surface area contributed by atoms with Gasteiger partial charge in [0.1, 0.15) is 26.1 Å². The van der Waals surface area contributed by atoms with E-state index in [2.05, 4.69) is 37.2 Å². The van der Waals surface area contributed by atoms with E-state index in [0.29, 0.717) is 5.69 Å². The fraction of sp³-hybridized carbons (Fsp3) is 0. The van der Waals surface area contributed by atoms with Gasteiger partial charge in [-0.3, -0.25) is 10.2 Å². The number of hydrogen-bond donors (Lipinski definition) is 6. The summed E-state index contributed by atoms with van der Waals surface area (Å²) in [6.45, 7) is 0. The van der Waals surface area contributed by atoms with Crippen molar-refractivity contribution in [2.24, 2.45) is 5.84 Å². The van der Waals surface area contributed by atoms with Crippen LogP contribution in [0.4, 0.5) is 5.69 Å². The van der Waals surface area contributed by atoms with Gasteiger partial charge in [-0.1, -0.05) is 30.3 Å². The maximum absolute atomic E-state index is 12.2. The number of halogens is 2. The van der Waals surface area contributed by atoms with Crippen molar-refractivity contribution in [3.63, 3.8) is 0 Å². The van der Waals surface area contributed by atoms with E-state index in [-0.39, 0.29) is 26.0 Å². The lowest BCUT2D eigenvalue weighted by Gasteiger charge is -2.14. The Hall–Kier alpha value is -2.75. The van der Waals surface area contributed by atoms with Crippen molar-refractivity contribution >= 4 is 60.3 Å². The van der Waals surface area contributed by atoms with Gasteiger partial charge in [0.25, 0.3) is 5.91 Å². The number of carbonyl (C=O) groups is 1. The highest BCUT2D eigenvalue weighted by Gasteiger charge is 2.21. The number of benzene rings is 3. The number of amides is 1. The molecule has 0 heterocycles. The molecule has 0 saturated carbocycles. The van der Waals surface area contributed by atoms with Crippen LogP contribution in [0.3, 0.4) is 0 Å². The number of fused-ring (bicyclic) bond motifs is 1. The molecule has 3 rings (SSSR count). The van der Waals surface area contributed by atoms with Gasteiger partial charge in [-0.05, 0) is 60.8 Å². The van der Waals surface area contributed by atoms with Crippen LogP contribution in [0.25, 0.3) is 16.8 Å². The third-order valence-corrected chi connectivity index (χ3v) is 5.54. The van der Waals surface area contributed by atoms with Crippen LogP contribution in [0, 0.1) is 0 Å². The minimum absolute atomic E-state index is 0.0344. The predicted molar refractivity (Wildman–Crippen MR) is 115 cm³/mol. The molecule has 1 amide bonds. The van der Waals surface area contributed by atoms with Crippen LogP contribution < -0.4 is 16.6 Å². The van der Waals surface area contributed by atoms with Crippen LogP contribution in [0.2, 0.25) is 0 Å². The molecule has 7 nitrogen and oxygen atoms in total. The summed E-state index contributed by atoms with van der Waals surface area (Å²) in [4.78, 5) is 12.2. The third-order valence-electron chi connectivity index (χ3n) is 4.03. The highest BCUT2D eigenvalue weighted by atomic mass is 79.9. The molecule has 7 N–H and O–H groups in total. The molecule has 144 valence electrons. The van der Waals surface area contributed by atoms with Crippen LogP contribution in [0.1, 0.15) is 5.56 Å². The number of hydrazine groups is 1. The van der Waals surface area contributed by atoms with E-state index in [1.165, 1.54) is 6.08 Å². The normalized spacial score (nSPS) is 11.5. The second-order valence-electron chi connectivity index (χ2n) is 5.81. The zero-order chi connectivity index (χ0) is 20.4. The molecule has 3 aromatic rings. The molecule has 9 heteroatoms. The Kier molecular flexibility index (Phi) is 5.78. The monoisotopic (exact) mass is 507 g/mol. The van der Waals surface area contributed by atoms with Crippen LogP contribution >= 0.6 is 31.9 Å². The van der Waals surface area contributed by atoms with Crippen molar-refractivity contribution in [2.45, 2.75) is 0 Å². The summed E-state index contributed by atoms with van der Waals surface area (Å²) in [6, 6.07) is 13.2. The number of anilines is 1. The number of hydrogen-bond acceptors (Lipinski definition) is 6. The molecule has 0 aromatic heterocycles. The lowest BCUT2D eigenvalue weighted by molar-refractivity contribution is -0.117. The topological polar surface area (TPSA) is 128 Å². The van der Waals surface area contributed by atoms with Crippen molar-refractivity contribution in [3.05, 3.63) is 62.7 Å². The maximum atomic E-state index is 12.2. The van der Waals surface area contributed by atoms with Crippen LogP contribution in [0.15, 0.2) is 57.1 Å². The second kappa shape index (κ2) is 8.09. The van der Waals surface area contributed by atoms with E-state index in [0.717, 1.165) is 10.8 Å². The van der Waals surface area contributed by atoms with Crippen molar-refractivity contribution < 1.29 is 20.1 Å². The van der Waals surface area contributed by atoms with Gasteiger partial charge >= 0.3 is 0 Å². The Morgan fingerprint density at radius 1 is 0.929 bits per heavy atom. The molecule has 0 spiro atoms. The Bertz CT molecular complexity index is 1090. The SMILES string of the molecule is NNC(=O)C(=Cc1c(O)c(Br)c(O)c(Br)c1O)Nc1ccc2ccccc2c1. The average Bonchev–Trinajstić information content (AvgIpc) is 2.72. The first-order valence-electron chi connectivity index (χ1n) is 7.93. The smallest absolute Gasteiger partial charge is 0.281 e. The van der Waals surface area contributed by atoms with Gasteiger partial charge < -0.3 is 20.6 Å². The number of carbonyl (C=O) groups excluding carboxylic acids is 1. The van der Waals surface area contributed by atoms with Gasteiger partial charge in [-0.15, -0.1) is 0 Å². The molecule has 0 atom stereocenters. The summed E-state index contributed by atoms with van der Waals surface area (Å²) >= 11 is 6.07. The first-order chi connectivity index (χ1) is 13.3. The van der Waals surface area contributed by atoms with Gasteiger partial charge in [0.2, 0.25) is 0 Å². The van der Waals surface area contributed by atoms with E-state index in [1.807, 2.05) is 41.8 Å². The lowest BCUT2D eigenvalue weighted by atomic mass is 10.1. The molecule has 0 unspecified atom stereocenters. The van der Waals surface area contributed by atoms with Gasteiger partial charge in [0.05, 0.1) is 5.56 Å². The molecule has 0 bridgehead atoms. The summed E-state index contributed by atoms with van der Waals surface area (Å²) < 4.78 is -0.0803. The molecular formula is C19H15Br2N3O4. The van der Waals surface area contributed by atoms with E-state index in [4.69, 9.17) is 5.84 Å². The summed E-state index contributed by atoms with van der Waals surface area (Å²) in [5.41, 5.74) is 2.49. The summed E-state index contributed by atoms with van der Waals surface area (Å²) in [6.07, 6.45) is 1.22. The fourth-order valence-corrected chi connectivity index (χ4v) is 3.70.